The Morgan fingerprint density at radius 3 is 2.29 bits per heavy atom. The number of rotatable bonds is 7. The second kappa shape index (κ2) is 9.49. The van der Waals surface area contributed by atoms with Crippen LogP contribution in [-0.2, 0) is 26.9 Å². The third-order valence-corrected chi connectivity index (χ3v) is 7.13. The summed E-state index contributed by atoms with van der Waals surface area (Å²) in [5.74, 6) is -0.446. The molecule has 4 rings (SSSR count). The molecule has 1 fully saturated rings. The summed E-state index contributed by atoms with van der Waals surface area (Å²) in [5.41, 5.74) is 1.51. The molecular weight excluding hydrogens is 414 g/mol. The van der Waals surface area contributed by atoms with Crippen molar-refractivity contribution in [1.82, 2.24) is 4.90 Å². The van der Waals surface area contributed by atoms with Crippen LogP contribution in [0.15, 0.2) is 82.3 Å². The van der Waals surface area contributed by atoms with Crippen molar-refractivity contribution in [2.24, 2.45) is 0 Å². The van der Waals surface area contributed by atoms with E-state index in [9.17, 15) is 13.2 Å². The summed E-state index contributed by atoms with van der Waals surface area (Å²) in [6.07, 6.45) is 2.94. The van der Waals surface area contributed by atoms with Crippen LogP contribution in [0.25, 0.3) is 0 Å². The van der Waals surface area contributed by atoms with E-state index >= 15 is 0 Å². The lowest BCUT2D eigenvalue weighted by molar-refractivity contribution is -0.00106. The largest absolute Gasteiger partial charge is 0.459 e. The Morgan fingerprint density at radius 2 is 1.61 bits per heavy atom. The average Bonchev–Trinajstić information content (AvgIpc) is 3.26. The first kappa shape index (κ1) is 21.3. The first-order valence-electron chi connectivity index (χ1n) is 10.3. The highest BCUT2D eigenvalue weighted by atomic mass is 32.2. The minimum atomic E-state index is -3.56. The van der Waals surface area contributed by atoms with E-state index in [0.29, 0.717) is 25.3 Å². The second-order valence-corrected chi connectivity index (χ2v) is 9.62. The maximum Gasteiger partial charge on any atom is 0.289 e. The second-order valence-electron chi connectivity index (χ2n) is 7.64. The standard InChI is InChI=1S/C24H25NO5S/c26-24(25-14-11-21(12-15-25)30-17-19-7-3-1-4-8-19)23-20(13-16-29-23)18-31(27,28)22-9-5-2-6-10-22/h1-10,13,16,21H,11-12,14-15,17-18H2. The quantitative estimate of drug-likeness (QED) is 0.555. The summed E-state index contributed by atoms with van der Waals surface area (Å²) in [5, 5.41) is 0. The van der Waals surface area contributed by atoms with Gasteiger partial charge in [-0.05, 0) is 36.6 Å². The average molecular weight is 440 g/mol. The lowest BCUT2D eigenvalue weighted by Gasteiger charge is -2.31. The number of benzene rings is 2. The Hall–Kier alpha value is -2.90. The van der Waals surface area contributed by atoms with E-state index in [1.807, 2.05) is 30.3 Å². The van der Waals surface area contributed by atoms with Crippen LogP contribution in [0.3, 0.4) is 0 Å². The van der Waals surface area contributed by atoms with Crippen molar-refractivity contribution in [3.63, 3.8) is 0 Å². The molecule has 2 heterocycles. The van der Waals surface area contributed by atoms with Crippen LogP contribution in [0.4, 0.5) is 0 Å². The number of hydrogen-bond donors (Lipinski definition) is 0. The van der Waals surface area contributed by atoms with Gasteiger partial charge in [-0.1, -0.05) is 48.5 Å². The van der Waals surface area contributed by atoms with Gasteiger partial charge in [0.25, 0.3) is 5.91 Å². The van der Waals surface area contributed by atoms with E-state index in [4.69, 9.17) is 9.15 Å². The smallest absolute Gasteiger partial charge is 0.289 e. The summed E-state index contributed by atoms with van der Waals surface area (Å²) in [6.45, 7) is 1.65. The molecule has 0 spiro atoms. The van der Waals surface area contributed by atoms with Crippen LogP contribution >= 0.6 is 0 Å². The van der Waals surface area contributed by atoms with Crippen molar-refractivity contribution >= 4 is 15.7 Å². The fraction of sp³-hybridized carbons (Fsp3) is 0.292. The predicted octanol–water partition coefficient (Wildman–Crippen LogP) is 4.07. The molecule has 1 saturated heterocycles. The number of carbonyl (C=O) groups is 1. The summed E-state index contributed by atoms with van der Waals surface area (Å²) in [6, 6.07) is 19.8. The van der Waals surface area contributed by atoms with Crippen LogP contribution in [0.2, 0.25) is 0 Å². The first-order valence-corrected chi connectivity index (χ1v) is 12.0. The zero-order chi connectivity index (χ0) is 21.7. The molecule has 1 aliphatic rings. The zero-order valence-corrected chi connectivity index (χ0v) is 18.0. The molecule has 0 saturated carbocycles. The Bertz CT molecular complexity index is 1100. The molecule has 31 heavy (non-hydrogen) atoms. The number of nitrogens with zero attached hydrogens (tertiary/aromatic N) is 1. The van der Waals surface area contributed by atoms with Crippen molar-refractivity contribution in [2.45, 2.75) is 36.2 Å². The number of hydrogen-bond acceptors (Lipinski definition) is 5. The van der Waals surface area contributed by atoms with E-state index in [1.54, 1.807) is 41.3 Å². The number of carbonyl (C=O) groups excluding carboxylic acids is 1. The van der Waals surface area contributed by atoms with E-state index in [2.05, 4.69) is 0 Å². The molecule has 0 unspecified atom stereocenters. The van der Waals surface area contributed by atoms with E-state index in [0.717, 1.165) is 18.4 Å². The van der Waals surface area contributed by atoms with Crippen molar-refractivity contribution in [3.8, 4) is 0 Å². The molecule has 0 radical (unpaired) electrons. The zero-order valence-electron chi connectivity index (χ0n) is 17.1. The van der Waals surface area contributed by atoms with Gasteiger partial charge in [0.15, 0.2) is 15.6 Å². The summed E-state index contributed by atoms with van der Waals surface area (Å²) in [7, 11) is -3.56. The number of furan rings is 1. The Labute approximate surface area is 182 Å². The molecule has 3 aromatic rings. The van der Waals surface area contributed by atoms with E-state index < -0.39 is 9.84 Å². The SMILES string of the molecule is O=C(c1occc1CS(=O)(=O)c1ccccc1)N1CCC(OCc2ccccc2)CC1. The van der Waals surface area contributed by atoms with E-state index in [1.165, 1.54) is 6.26 Å². The van der Waals surface area contributed by atoms with Gasteiger partial charge in [-0.3, -0.25) is 4.79 Å². The third-order valence-electron chi connectivity index (χ3n) is 5.45. The Kier molecular flexibility index (Phi) is 6.53. The molecule has 0 aliphatic carbocycles. The highest BCUT2D eigenvalue weighted by Crippen LogP contribution is 2.23. The van der Waals surface area contributed by atoms with Gasteiger partial charge in [-0.25, -0.2) is 8.42 Å². The van der Waals surface area contributed by atoms with Crippen LogP contribution in [-0.4, -0.2) is 38.4 Å². The molecule has 0 N–H and O–H groups in total. The van der Waals surface area contributed by atoms with Crippen molar-refractivity contribution in [2.75, 3.05) is 13.1 Å². The van der Waals surface area contributed by atoms with Crippen LogP contribution in [0, 0.1) is 0 Å². The van der Waals surface area contributed by atoms with Crippen LogP contribution in [0.5, 0.6) is 0 Å². The number of piperidine rings is 1. The molecule has 162 valence electrons. The Morgan fingerprint density at radius 1 is 0.968 bits per heavy atom. The lowest BCUT2D eigenvalue weighted by atomic mass is 10.1. The minimum Gasteiger partial charge on any atom is -0.459 e. The van der Waals surface area contributed by atoms with Gasteiger partial charge in [0, 0.05) is 18.7 Å². The van der Waals surface area contributed by atoms with Gasteiger partial charge in [0.05, 0.1) is 29.6 Å². The van der Waals surface area contributed by atoms with Gasteiger partial charge in [0.1, 0.15) is 0 Å². The highest BCUT2D eigenvalue weighted by molar-refractivity contribution is 7.90. The monoisotopic (exact) mass is 439 g/mol. The fourth-order valence-electron chi connectivity index (χ4n) is 3.71. The number of sulfone groups is 1. The first-order chi connectivity index (χ1) is 15.0. The third kappa shape index (κ3) is 5.24. The van der Waals surface area contributed by atoms with Gasteiger partial charge in [-0.2, -0.15) is 0 Å². The van der Waals surface area contributed by atoms with Crippen LogP contribution in [0.1, 0.15) is 34.5 Å². The van der Waals surface area contributed by atoms with Gasteiger partial charge in [0.2, 0.25) is 0 Å². The van der Waals surface area contributed by atoms with Crippen molar-refractivity contribution in [1.29, 1.82) is 0 Å². The lowest BCUT2D eigenvalue weighted by Crippen LogP contribution is -2.41. The predicted molar refractivity (Wildman–Crippen MR) is 116 cm³/mol. The van der Waals surface area contributed by atoms with Crippen LogP contribution < -0.4 is 0 Å². The fourth-order valence-corrected chi connectivity index (χ4v) is 5.09. The summed E-state index contributed by atoms with van der Waals surface area (Å²) < 4.78 is 36.8. The molecule has 1 aliphatic heterocycles. The molecule has 1 aromatic heterocycles. The van der Waals surface area contributed by atoms with Crippen molar-refractivity contribution in [3.05, 3.63) is 89.9 Å². The molecule has 2 aromatic carbocycles. The highest BCUT2D eigenvalue weighted by Gasteiger charge is 2.29. The Balaban J connectivity index is 1.35. The van der Waals surface area contributed by atoms with Crippen molar-refractivity contribution < 1.29 is 22.4 Å². The molecule has 0 atom stereocenters. The molecule has 1 amide bonds. The summed E-state index contributed by atoms with van der Waals surface area (Å²) in [4.78, 5) is 14.9. The molecule has 6 nitrogen and oxygen atoms in total. The number of likely N-dealkylation sites (tertiary alicyclic amines) is 1. The number of amides is 1. The van der Waals surface area contributed by atoms with E-state index in [-0.39, 0.29) is 28.4 Å². The van der Waals surface area contributed by atoms with Gasteiger partial charge >= 0.3 is 0 Å². The topological polar surface area (TPSA) is 76.8 Å². The summed E-state index contributed by atoms with van der Waals surface area (Å²) >= 11 is 0. The molecule has 0 bridgehead atoms. The maximum absolute atomic E-state index is 13.0. The number of ether oxygens (including phenoxy) is 1. The van der Waals surface area contributed by atoms with Gasteiger partial charge < -0.3 is 14.1 Å². The maximum atomic E-state index is 13.0. The normalized spacial score (nSPS) is 15.2. The molecule has 7 heteroatoms. The molecular formula is C24H25NO5S. The minimum absolute atomic E-state index is 0.0961. The van der Waals surface area contributed by atoms with Gasteiger partial charge in [-0.15, -0.1) is 0 Å².